The summed E-state index contributed by atoms with van der Waals surface area (Å²) in [5.74, 6) is 1.22. The van der Waals surface area contributed by atoms with E-state index < -0.39 is 0 Å². The molecule has 5 rings (SSSR count). The van der Waals surface area contributed by atoms with Gasteiger partial charge < -0.3 is 30.5 Å². The van der Waals surface area contributed by atoms with Gasteiger partial charge in [-0.15, -0.1) is 0 Å². The lowest BCUT2D eigenvalue weighted by atomic mass is 9.82. The molecule has 0 radical (unpaired) electrons. The number of piperidine rings is 1. The molecular weight excluding hydrogens is 514 g/mol. The Bertz CT molecular complexity index is 1170. The fraction of sp³-hybridized carbons (Fsp3) is 0.467. The van der Waals surface area contributed by atoms with Gasteiger partial charge in [-0.1, -0.05) is 35.9 Å². The smallest absolute Gasteiger partial charge is 0.236 e. The number of halogens is 1. The Morgan fingerprint density at radius 2 is 1.85 bits per heavy atom. The van der Waals surface area contributed by atoms with Crippen LogP contribution in [0.4, 0.5) is 5.69 Å². The molecule has 3 N–H and O–H groups in total. The largest absolute Gasteiger partial charge is 0.489 e. The van der Waals surface area contributed by atoms with Crippen LogP contribution >= 0.6 is 11.6 Å². The molecule has 9 heteroatoms. The molecule has 39 heavy (non-hydrogen) atoms. The first kappa shape index (κ1) is 27.5. The molecule has 208 valence electrons. The van der Waals surface area contributed by atoms with E-state index in [0.717, 1.165) is 49.5 Å². The van der Waals surface area contributed by atoms with E-state index in [2.05, 4.69) is 39.1 Å². The summed E-state index contributed by atoms with van der Waals surface area (Å²) in [7, 11) is 0. The van der Waals surface area contributed by atoms with Crippen molar-refractivity contribution < 1.29 is 14.3 Å². The molecule has 0 saturated carbocycles. The number of hydrogen-bond acceptors (Lipinski definition) is 6. The first-order chi connectivity index (χ1) is 19.0. The minimum atomic E-state index is 0.0261. The van der Waals surface area contributed by atoms with E-state index in [9.17, 15) is 9.59 Å². The molecular formula is C30H38ClN5O3. The normalized spacial score (nSPS) is 22.9. The van der Waals surface area contributed by atoms with E-state index in [4.69, 9.17) is 16.3 Å². The second kappa shape index (κ2) is 13.3. The Morgan fingerprint density at radius 1 is 1.03 bits per heavy atom. The molecule has 0 unspecified atom stereocenters. The van der Waals surface area contributed by atoms with Crippen LogP contribution in [-0.4, -0.2) is 69.1 Å². The van der Waals surface area contributed by atoms with Gasteiger partial charge in [0.2, 0.25) is 11.8 Å². The second-order valence-electron chi connectivity index (χ2n) is 10.5. The SMILES string of the molecule is O=C(C[C@@H]1CCN2C[C@@H]1/C=C\COc1ccc(N3CCNCC3)cc1CNCC2=O)NCc1ccc(Cl)cc1. The average Bonchev–Trinajstić information content (AvgIpc) is 2.97. The Kier molecular flexibility index (Phi) is 9.40. The number of benzene rings is 2. The lowest BCUT2D eigenvalue weighted by molar-refractivity contribution is -0.132. The topological polar surface area (TPSA) is 85.9 Å². The molecule has 3 aliphatic rings. The minimum absolute atomic E-state index is 0.0261. The molecule has 0 aromatic heterocycles. The molecule has 2 aromatic rings. The molecule has 2 saturated heterocycles. The van der Waals surface area contributed by atoms with E-state index >= 15 is 0 Å². The van der Waals surface area contributed by atoms with Crippen LogP contribution in [0.25, 0.3) is 0 Å². The highest BCUT2D eigenvalue weighted by molar-refractivity contribution is 6.30. The molecule has 0 spiro atoms. The van der Waals surface area contributed by atoms with Gasteiger partial charge in [-0.2, -0.15) is 0 Å². The van der Waals surface area contributed by atoms with Gasteiger partial charge in [0.15, 0.2) is 0 Å². The van der Waals surface area contributed by atoms with Crippen molar-refractivity contribution in [3.8, 4) is 5.75 Å². The summed E-state index contributed by atoms with van der Waals surface area (Å²) in [6, 6.07) is 13.8. The Labute approximate surface area is 235 Å². The molecule has 3 heterocycles. The van der Waals surface area contributed by atoms with Crippen LogP contribution in [0.5, 0.6) is 5.75 Å². The highest BCUT2D eigenvalue weighted by Gasteiger charge is 2.31. The van der Waals surface area contributed by atoms with Crippen LogP contribution in [0, 0.1) is 11.8 Å². The van der Waals surface area contributed by atoms with E-state index in [1.807, 2.05) is 41.3 Å². The predicted molar refractivity (Wildman–Crippen MR) is 154 cm³/mol. The standard InChI is InChI=1S/C30H38ClN5O3/c31-26-5-3-22(4-6-26)18-34-29(37)17-23-9-12-36-21-24(23)2-1-15-39-28-8-7-27(35-13-10-32-11-14-35)16-25(28)19-33-20-30(36)38/h1-8,16,23-24,32-33H,9-15,17-21H2,(H,34,37)/b2-1-/t23-,24-/m0/s1. The number of piperazine rings is 1. The van der Waals surface area contributed by atoms with Crippen LogP contribution in [-0.2, 0) is 22.7 Å². The third-order valence-electron chi connectivity index (χ3n) is 7.85. The van der Waals surface area contributed by atoms with Crippen molar-refractivity contribution in [2.75, 3.05) is 57.3 Å². The highest BCUT2D eigenvalue weighted by atomic mass is 35.5. The molecule has 2 aromatic carbocycles. The first-order valence-electron chi connectivity index (χ1n) is 13.9. The summed E-state index contributed by atoms with van der Waals surface area (Å²) < 4.78 is 6.18. The number of fused-ring (bicyclic) bond motifs is 3. The predicted octanol–water partition coefficient (Wildman–Crippen LogP) is 2.96. The number of ether oxygens (including phenoxy) is 1. The van der Waals surface area contributed by atoms with Gasteiger partial charge in [0.25, 0.3) is 0 Å². The van der Waals surface area contributed by atoms with Crippen molar-refractivity contribution in [3.05, 3.63) is 70.8 Å². The third-order valence-corrected chi connectivity index (χ3v) is 8.10. The first-order valence-corrected chi connectivity index (χ1v) is 14.3. The van der Waals surface area contributed by atoms with Crippen LogP contribution < -0.4 is 25.6 Å². The summed E-state index contributed by atoms with van der Waals surface area (Å²) in [6.45, 7) is 6.96. The van der Waals surface area contributed by atoms with E-state index in [1.165, 1.54) is 5.69 Å². The fourth-order valence-corrected chi connectivity index (χ4v) is 5.72. The number of nitrogens with zero attached hydrogens (tertiary/aromatic N) is 2. The number of hydrogen-bond donors (Lipinski definition) is 3. The number of amides is 2. The highest BCUT2D eigenvalue weighted by Crippen LogP contribution is 2.29. The zero-order chi connectivity index (χ0) is 27.0. The molecule has 2 amide bonds. The average molecular weight is 552 g/mol. The summed E-state index contributed by atoms with van der Waals surface area (Å²) >= 11 is 5.96. The van der Waals surface area contributed by atoms with Crippen molar-refractivity contribution in [1.29, 1.82) is 0 Å². The summed E-state index contributed by atoms with van der Waals surface area (Å²) in [4.78, 5) is 30.2. The molecule has 3 aliphatic heterocycles. The number of rotatable bonds is 5. The maximum Gasteiger partial charge on any atom is 0.236 e. The summed E-state index contributed by atoms with van der Waals surface area (Å²) in [5.41, 5.74) is 3.25. The monoisotopic (exact) mass is 551 g/mol. The van der Waals surface area contributed by atoms with Crippen molar-refractivity contribution in [3.63, 3.8) is 0 Å². The Balaban J connectivity index is 1.23. The zero-order valence-electron chi connectivity index (χ0n) is 22.3. The maximum atomic E-state index is 13.1. The van der Waals surface area contributed by atoms with Gasteiger partial charge >= 0.3 is 0 Å². The quantitative estimate of drug-likeness (QED) is 0.496. The van der Waals surface area contributed by atoms with Crippen LogP contribution in [0.2, 0.25) is 5.02 Å². The number of anilines is 1. The van der Waals surface area contributed by atoms with Gasteiger partial charge in [-0.3, -0.25) is 9.59 Å². The van der Waals surface area contributed by atoms with Gasteiger partial charge in [0, 0.05) is 75.1 Å². The summed E-state index contributed by atoms with van der Waals surface area (Å²) in [5, 5.41) is 10.5. The third kappa shape index (κ3) is 7.53. The minimum Gasteiger partial charge on any atom is -0.489 e. The maximum absolute atomic E-state index is 13.1. The van der Waals surface area contributed by atoms with Crippen molar-refractivity contribution in [1.82, 2.24) is 20.9 Å². The number of carbonyl (C=O) groups excluding carboxylic acids is 2. The number of nitrogens with one attached hydrogen (secondary N) is 3. The number of carbonyl (C=O) groups is 2. The lowest BCUT2D eigenvalue weighted by Crippen LogP contribution is -2.47. The van der Waals surface area contributed by atoms with Gasteiger partial charge in [0.05, 0.1) is 6.54 Å². The molecule has 8 nitrogen and oxygen atoms in total. The Morgan fingerprint density at radius 3 is 2.67 bits per heavy atom. The van der Waals surface area contributed by atoms with E-state index in [-0.39, 0.29) is 30.2 Å². The molecule has 0 aliphatic carbocycles. The van der Waals surface area contributed by atoms with E-state index in [0.29, 0.717) is 44.2 Å². The lowest BCUT2D eigenvalue weighted by Gasteiger charge is -2.37. The van der Waals surface area contributed by atoms with Crippen LogP contribution in [0.15, 0.2) is 54.6 Å². The molecule has 2 atom stereocenters. The second-order valence-corrected chi connectivity index (χ2v) is 11.0. The van der Waals surface area contributed by atoms with Gasteiger partial charge in [-0.25, -0.2) is 0 Å². The van der Waals surface area contributed by atoms with Crippen molar-refractivity contribution in [2.45, 2.75) is 25.9 Å². The van der Waals surface area contributed by atoms with Gasteiger partial charge in [0.1, 0.15) is 12.4 Å². The van der Waals surface area contributed by atoms with Crippen molar-refractivity contribution in [2.24, 2.45) is 11.8 Å². The van der Waals surface area contributed by atoms with Crippen LogP contribution in [0.3, 0.4) is 0 Å². The van der Waals surface area contributed by atoms with Crippen molar-refractivity contribution >= 4 is 29.1 Å². The zero-order valence-corrected chi connectivity index (χ0v) is 23.1. The Hall–Kier alpha value is -3.07. The van der Waals surface area contributed by atoms with Crippen LogP contribution in [0.1, 0.15) is 24.0 Å². The molecule has 2 fully saturated rings. The molecule has 2 bridgehead atoms. The van der Waals surface area contributed by atoms with E-state index in [1.54, 1.807) is 0 Å². The fourth-order valence-electron chi connectivity index (χ4n) is 5.59. The summed E-state index contributed by atoms with van der Waals surface area (Å²) in [6.07, 6.45) is 5.40. The van der Waals surface area contributed by atoms with Gasteiger partial charge in [-0.05, 0) is 54.2 Å².